The molecule has 2 N–H and O–H groups in total. The number of nitrogens with zero attached hydrogens (tertiary/aromatic N) is 1. The molecule has 0 bridgehead atoms. The van der Waals surface area contributed by atoms with Gasteiger partial charge >= 0.3 is 0 Å². The molecule has 0 spiro atoms. The summed E-state index contributed by atoms with van der Waals surface area (Å²) >= 11 is 0. The first-order valence-electron chi connectivity index (χ1n) is 3.98. The van der Waals surface area contributed by atoms with Gasteiger partial charge in [0.25, 0.3) is 0 Å². The molecule has 11 heavy (non-hydrogen) atoms. The van der Waals surface area contributed by atoms with Gasteiger partial charge in [-0.15, -0.1) is 0 Å². The minimum atomic E-state index is 0.765. The molecule has 0 saturated carbocycles. The topological polar surface area (TPSA) is 29.9 Å². The van der Waals surface area contributed by atoms with Crippen LogP contribution in [0, 0.1) is 6.92 Å². The maximum absolute atomic E-state index is 5.40. The summed E-state index contributed by atoms with van der Waals surface area (Å²) in [6.07, 6.45) is 5.26. The van der Waals surface area contributed by atoms with E-state index in [1.165, 1.54) is 5.56 Å². The molecule has 2 heteroatoms. The number of aryl methyl sites for hydroxylation is 2. The highest BCUT2D eigenvalue weighted by Gasteiger charge is 1.97. The van der Waals surface area contributed by atoms with Gasteiger partial charge in [-0.1, -0.05) is 0 Å². The maximum Gasteiger partial charge on any atom is 0.171 e. The Labute approximate surface area is 67.7 Å². The summed E-state index contributed by atoms with van der Waals surface area (Å²) in [5.74, 6) is 0. The van der Waals surface area contributed by atoms with Crippen LogP contribution in [0.2, 0.25) is 0 Å². The summed E-state index contributed by atoms with van der Waals surface area (Å²) in [5.41, 5.74) is 6.70. The number of rotatable bonds is 3. The average Bonchev–Trinajstić information content (AvgIpc) is 2.01. The molecule has 1 heterocycles. The van der Waals surface area contributed by atoms with Crippen molar-refractivity contribution in [2.24, 2.45) is 5.73 Å². The van der Waals surface area contributed by atoms with Crippen molar-refractivity contribution >= 4 is 0 Å². The van der Waals surface area contributed by atoms with Crippen LogP contribution in [0.3, 0.4) is 0 Å². The van der Waals surface area contributed by atoms with Crippen molar-refractivity contribution in [3.63, 3.8) is 0 Å². The Morgan fingerprint density at radius 1 is 1.55 bits per heavy atom. The summed E-state index contributed by atoms with van der Waals surface area (Å²) in [7, 11) is 0. The molecule has 60 valence electrons. The lowest BCUT2D eigenvalue weighted by Crippen LogP contribution is -2.33. The van der Waals surface area contributed by atoms with E-state index in [0.29, 0.717) is 0 Å². The maximum atomic E-state index is 5.40. The Balaban J connectivity index is 2.56. The molecule has 0 saturated heterocycles. The van der Waals surface area contributed by atoms with E-state index in [1.807, 2.05) is 0 Å². The van der Waals surface area contributed by atoms with E-state index >= 15 is 0 Å². The Morgan fingerprint density at radius 3 is 3.00 bits per heavy atom. The SMILES string of the molecule is Cc1ccc[n+](CCCN)c1. The van der Waals surface area contributed by atoms with Crippen LogP contribution in [0.1, 0.15) is 12.0 Å². The summed E-state index contributed by atoms with van der Waals surface area (Å²) in [6.45, 7) is 3.89. The van der Waals surface area contributed by atoms with Crippen LogP contribution in [0.25, 0.3) is 0 Å². The van der Waals surface area contributed by atoms with E-state index in [4.69, 9.17) is 5.73 Å². The van der Waals surface area contributed by atoms with E-state index in [9.17, 15) is 0 Å². The minimum Gasteiger partial charge on any atom is -0.330 e. The summed E-state index contributed by atoms with van der Waals surface area (Å²) in [6, 6.07) is 4.16. The second-order valence-corrected chi connectivity index (χ2v) is 2.76. The molecular formula is C9H15N2+. The van der Waals surface area contributed by atoms with Gasteiger partial charge in [0.2, 0.25) is 0 Å². The van der Waals surface area contributed by atoms with E-state index in [-0.39, 0.29) is 0 Å². The predicted octanol–water partition coefficient (Wildman–Crippen LogP) is 0.631. The smallest absolute Gasteiger partial charge is 0.171 e. The molecule has 0 unspecified atom stereocenters. The molecular weight excluding hydrogens is 136 g/mol. The standard InChI is InChI=1S/C9H15N2/c1-9-4-2-6-11(8-9)7-3-5-10/h2,4,6,8H,3,5,7,10H2,1H3/q+1. The van der Waals surface area contributed by atoms with E-state index in [0.717, 1.165) is 19.5 Å². The van der Waals surface area contributed by atoms with Crippen LogP contribution < -0.4 is 10.3 Å². The van der Waals surface area contributed by atoms with Gasteiger partial charge in [-0.05, 0) is 19.5 Å². The molecule has 1 rings (SSSR count). The second-order valence-electron chi connectivity index (χ2n) is 2.76. The number of aromatic nitrogens is 1. The summed E-state index contributed by atoms with van der Waals surface area (Å²) in [4.78, 5) is 0. The number of pyridine rings is 1. The highest BCUT2D eigenvalue weighted by Crippen LogP contribution is 1.89. The van der Waals surface area contributed by atoms with Crippen LogP contribution in [0.4, 0.5) is 0 Å². The predicted molar refractivity (Wildman–Crippen MR) is 45.0 cm³/mol. The van der Waals surface area contributed by atoms with Gasteiger partial charge < -0.3 is 5.73 Å². The molecule has 0 fully saturated rings. The van der Waals surface area contributed by atoms with Gasteiger partial charge in [0.1, 0.15) is 6.54 Å². The highest BCUT2D eigenvalue weighted by atomic mass is 14.9. The molecule has 0 aromatic carbocycles. The van der Waals surface area contributed by atoms with Gasteiger partial charge in [-0.3, -0.25) is 0 Å². The third-order valence-corrected chi connectivity index (χ3v) is 1.63. The summed E-state index contributed by atoms with van der Waals surface area (Å²) in [5, 5.41) is 0. The van der Waals surface area contributed by atoms with Gasteiger partial charge in [0.15, 0.2) is 12.4 Å². The van der Waals surface area contributed by atoms with Crippen LogP contribution >= 0.6 is 0 Å². The normalized spacial score (nSPS) is 10.0. The van der Waals surface area contributed by atoms with Gasteiger partial charge in [0, 0.05) is 18.1 Å². The molecule has 1 aromatic heterocycles. The van der Waals surface area contributed by atoms with Gasteiger partial charge in [-0.2, -0.15) is 0 Å². The van der Waals surface area contributed by atoms with Gasteiger partial charge in [0.05, 0.1) is 0 Å². The second kappa shape index (κ2) is 4.09. The fraction of sp³-hybridized carbons (Fsp3) is 0.444. The Kier molecular flexibility index (Phi) is 3.05. The lowest BCUT2D eigenvalue weighted by Gasteiger charge is -1.94. The summed E-state index contributed by atoms with van der Waals surface area (Å²) < 4.78 is 2.17. The molecule has 0 aliphatic heterocycles. The van der Waals surface area contributed by atoms with Crippen molar-refractivity contribution in [2.75, 3.05) is 6.54 Å². The number of nitrogens with two attached hydrogens (primary N) is 1. The molecule has 0 amide bonds. The van der Waals surface area contributed by atoms with E-state index < -0.39 is 0 Å². The first-order valence-corrected chi connectivity index (χ1v) is 3.98. The monoisotopic (exact) mass is 151 g/mol. The Morgan fingerprint density at radius 2 is 2.36 bits per heavy atom. The van der Waals surface area contributed by atoms with Crippen LogP contribution in [0.15, 0.2) is 24.5 Å². The van der Waals surface area contributed by atoms with Crippen molar-refractivity contribution in [1.82, 2.24) is 0 Å². The zero-order chi connectivity index (χ0) is 8.10. The molecule has 0 radical (unpaired) electrons. The van der Waals surface area contributed by atoms with Crippen LogP contribution in [0.5, 0.6) is 0 Å². The number of hydrogen-bond donors (Lipinski definition) is 1. The molecule has 0 aliphatic rings. The lowest BCUT2D eigenvalue weighted by atomic mass is 10.3. The molecule has 1 aromatic rings. The van der Waals surface area contributed by atoms with Crippen molar-refractivity contribution in [1.29, 1.82) is 0 Å². The molecule has 0 aliphatic carbocycles. The minimum absolute atomic E-state index is 0.765. The number of hydrogen-bond acceptors (Lipinski definition) is 1. The largest absolute Gasteiger partial charge is 0.330 e. The zero-order valence-corrected chi connectivity index (χ0v) is 6.96. The molecule has 0 atom stereocenters. The fourth-order valence-electron chi connectivity index (χ4n) is 1.07. The van der Waals surface area contributed by atoms with Crippen LogP contribution in [-0.2, 0) is 6.54 Å². The Bertz CT molecular complexity index is 221. The third-order valence-electron chi connectivity index (χ3n) is 1.63. The average molecular weight is 151 g/mol. The van der Waals surface area contributed by atoms with Crippen molar-refractivity contribution in [3.8, 4) is 0 Å². The lowest BCUT2D eigenvalue weighted by molar-refractivity contribution is -0.697. The fourth-order valence-corrected chi connectivity index (χ4v) is 1.07. The van der Waals surface area contributed by atoms with E-state index in [2.05, 4.69) is 36.0 Å². The first-order chi connectivity index (χ1) is 5.33. The zero-order valence-electron chi connectivity index (χ0n) is 6.96. The quantitative estimate of drug-likeness (QED) is 0.631. The highest BCUT2D eigenvalue weighted by molar-refractivity contribution is 5.01. The molecule has 2 nitrogen and oxygen atoms in total. The van der Waals surface area contributed by atoms with Crippen molar-refractivity contribution < 1.29 is 4.57 Å². The van der Waals surface area contributed by atoms with Crippen LogP contribution in [-0.4, -0.2) is 6.54 Å². The third kappa shape index (κ3) is 2.68. The van der Waals surface area contributed by atoms with E-state index in [1.54, 1.807) is 0 Å². The first kappa shape index (κ1) is 8.21. The Hall–Kier alpha value is -0.890. The van der Waals surface area contributed by atoms with Gasteiger partial charge in [-0.25, -0.2) is 4.57 Å². The van der Waals surface area contributed by atoms with Crippen molar-refractivity contribution in [2.45, 2.75) is 19.9 Å². The van der Waals surface area contributed by atoms with Crippen molar-refractivity contribution in [3.05, 3.63) is 30.1 Å².